The van der Waals surface area contributed by atoms with Crippen molar-refractivity contribution in [3.05, 3.63) is 162 Å². The molecule has 432 valence electrons. The minimum atomic E-state index is -3.04. The summed E-state index contributed by atoms with van der Waals surface area (Å²) in [6.45, 7) is 42.5. The average Bonchev–Trinajstić information content (AvgIpc) is 3.46. The van der Waals surface area contributed by atoms with E-state index in [2.05, 4.69) is 122 Å². The highest BCUT2D eigenvalue weighted by Crippen LogP contribution is 2.37. The minimum absolute atomic E-state index is 0.0983. The molecule has 2 aromatic carbocycles. The molecule has 0 bridgehead atoms. The predicted octanol–water partition coefficient (Wildman–Crippen LogP) is 7.86. The van der Waals surface area contributed by atoms with Gasteiger partial charge in [0.1, 0.15) is 42.7 Å². The van der Waals surface area contributed by atoms with Crippen LogP contribution in [0, 0.1) is 0 Å². The fourth-order valence-electron chi connectivity index (χ4n) is 7.66. The van der Waals surface area contributed by atoms with Gasteiger partial charge in [0.05, 0.1) is 145 Å². The maximum absolute atomic E-state index is 7.46. The summed E-state index contributed by atoms with van der Waals surface area (Å²) in [6.07, 6.45) is 10.2. The van der Waals surface area contributed by atoms with E-state index in [4.69, 9.17) is 70.7 Å². The highest BCUT2D eigenvalue weighted by atomic mass is 28.4. The Morgan fingerprint density at radius 3 is 0.818 bits per heavy atom. The van der Waals surface area contributed by atoms with Gasteiger partial charge in [0.2, 0.25) is 0 Å². The van der Waals surface area contributed by atoms with Crippen molar-refractivity contribution in [2.45, 2.75) is 68.5 Å². The Morgan fingerprint density at radius 1 is 0.312 bits per heavy atom. The Bertz CT molecular complexity index is 1790. The second kappa shape index (κ2) is 44.8. The first-order valence-electron chi connectivity index (χ1n) is 26.5. The van der Waals surface area contributed by atoms with Crippen molar-refractivity contribution < 1.29 is 70.7 Å². The van der Waals surface area contributed by atoms with Crippen LogP contribution in [0.4, 0.5) is 0 Å². The van der Waals surface area contributed by atoms with Crippen LogP contribution in [0.5, 0.6) is 0 Å². The molecule has 0 aliphatic heterocycles. The molecule has 77 heavy (non-hydrogen) atoms. The van der Waals surface area contributed by atoms with Crippen molar-refractivity contribution in [1.82, 2.24) is 0 Å². The van der Waals surface area contributed by atoms with Crippen LogP contribution < -0.4 is 10.4 Å². The molecular formula is C61H94O15Si. The maximum Gasteiger partial charge on any atom is 0.261 e. The summed E-state index contributed by atoms with van der Waals surface area (Å²) in [4.78, 5) is 0. The van der Waals surface area contributed by atoms with Gasteiger partial charge in [-0.1, -0.05) is 130 Å². The second-order valence-electron chi connectivity index (χ2n) is 18.7. The molecule has 2 rings (SSSR count). The molecule has 0 saturated heterocycles. The Morgan fingerprint density at radius 2 is 0.545 bits per heavy atom. The molecule has 0 heterocycles. The first kappa shape index (κ1) is 69.1. The van der Waals surface area contributed by atoms with Crippen molar-refractivity contribution in [2.75, 3.05) is 145 Å². The van der Waals surface area contributed by atoms with E-state index >= 15 is 0 Å². The minimum Gasteiger partial charge on any atom is -0.405 e. The molecule has 7 unspecified atom stereocenters. The summed E-state index contributed by atoms with van der Waals surface area (Å²) in [7, 11) is -3.04. The lowest BCUT2D eigenvalue weighted by Gasteiger charge is -2.43. The summed E-state index contributed by atoms with van der Waals surface area (Å²) >= 11 is 0. The third-order valence-corrected chi connectivity index (χ3v) is 16.2. The highest BCUT2D eigenvalue weighted by molar-refractivity contribution is 6.99. The van der Waals surface area contributed by atoms with E-state index in [-0.39, 0.29) is 96.5 Å². The number of hydrogen-bond acceptors (Lipinski definition) is 15. The van der Waals surface area contributed by atoms with Crippen LogP contribution in [0.1, 0.15) is 20.8 Å². The molecule has 0 spiro atoms. The van der Waals surface area contributed by atoms with Crippen molar-refractivity contribution in [3.63, 3.8) is 0 Å². The second-order valence-corrected chi connectivity index (χ2v) is 23.0. The van der Waals surface area contributed by atoms with Gasteiger partial charge in [-0.15, -0.1) is 52.6 Å². The molecule has 15 nitrogen and oxygen atoms in total. The monoisotopic (exact) mass is 1090 g/mol. The van der Waals surface area contributed by atoms with Crippen molar-refractivity contribution in [3.8, 4) is 0 Å². The van der Waals surface area contributed by atoms with Gasteiger partial charge in [0.15, 0.2) is 0 Å². The van der Waals surface area contributed by atoms with Gasteiger partial charge in [0, 0.05) is 0 Å². The summed E-state index contributed by atoms with van der Waals surface area (Å²) in [5, 5.41) is 1.95. The third kappa shape index (κ3) is 30.2. The van der Waals surface area contributed by atoms with E-state index in [1.54, 1.807) is 48.6 Å². The molecular weight excluding hydrogens is 1000 g/mol. The Hall–Kier alpha value is -4.02. The van der Waals surface area contributed by atoms with E-state index < -0.39 is 38.8 Å². The molecule has 0 aliphatic carbocycles. The van der Waals surface area contributed by atoms with Gasteiger partial charge < -0.3 is 70.7 Å². The van der Waals surface area contributed by atoms with Crippen LogP contribution >= 0.6 is 0 Å². The van der Waals surface area contributed by atoms with E-state index in [9.17, 15) is 0 Å². The van der Waals surface area contributed by atoms with Gasteiger partial charge in [-0.2, -0.15) is 0 Å². The fraction of sp³-hybridized carbons (Fsp3) is 0.541. The molecule has 16 heteroatoms. The largest absolute Gasteiger partial charge is 0.405 e. The normalized spacial score (nSPS) is 14.6. The zero-order chi connectivity index (χ0) is 56.1. The molecule has 0 aliphatic rings. The topological polar surface area (TPSA) is 138 Å². The van der Waals surface area contributed by atoms with E-state index in [0.29, 0.717) is 66.1 Å². The molecule has 0 radical (unpaired) electrons. The summed E-state index contributed by atoms with van der Waals surface area (Å²) in [5.41, 5.74) is 0. The predicted molar refractivity (Wildman–Crippen MR) is 309 cm³/mol. The molecule has 7 atom stereocenters. The SMILES string of the molecule is C=CCOCC(COCC(COCC(CO[Si](c1ccccc1)(c1ccccc1)C(C)(C)C)OCC(COCC(COCC=C)OCC=C)OCC(COCC=C)OCC=C)OCC(COCC=C)OCC=C)OCC=C. The molecule has 2 aromatic rings. The first-order valence-corrected chi connectivity index (χ1v) is 28.4. The number of ether oxygens (including phenoxy) is 14. The van der Waals surface area contributed by atoms with Crippen LogP contribution in [0.2, 0.25) is 5.04 Å². The summed E-state index contributed by atoms with van der Waals surface area (Å²) in [6, 6.07) is 20.9. The fourth-order valence-corrected chi connectivity index (χ4v) is 12.3. The maximum atomic E-state index is 7.46. The Balaban J connectivity index is 2.58. The zero-order valence-electron chi connectivity index (χ0n) is 46.8. The summed E-state index contributed by atoms with van der Waals surface area (Å²) in [5.74, 6) is 0. The Kier molecular flexibility index (Phi) is 40.2. The standard InChI is InChI=1S/C61H94O15Si/c1-12-30-62-38-52(69-34-16-5)42-66-44-54(73-48-55(71-36-18-7)40-64-32-14-3)45-68-47-58(51-76-77(61(9,10)11,59-26-22-20-23-27-59)60-28-24-21-25-29-60)75-50-57(74-49-56(72-37-19-8)41-65-33-15-4)46-67-43-53(70-35-17-6)39-63-31-13-2/h12-29,52-58H,1-8,30-51H2,9-11H3. The lowest BCUT2D eigenvalue weighted by Crippen LogP contribution is -2.67. The van der Waals surface area contributed by atoms with Crippen molar-refractivity contribution >= 4 is 18.7 Å². The molecule has 0 amide bonds. The van der Waals surface area contributed by atoms with Crippen molar-refractivity contribution in [2.24, 2.45) is 0 Å². The molecule has 0 aromatic heterocycles. The number of benzene rings is 2. The van der Waals surface area contributed by atoms with Gasteiger partial charge in [0.25, 0.3) is 8.32 Å². The zero-order valence-corrected chi connectivity index (χ0v) is 47.8. The number of rotatable bonds is 54. The van der Waals surface area contributed by atoms with Crippen LogP contribution in [-0.2, 0) is 70.7 Å². The summed E-state index contributed by atoms with van der Waals surface area (Å²) < 4.78 is 93.6. The lowest BCUT2D eigenvalue weighted by atomic mass is 10.2. The van der Waals surface area contributed by atoms with Gasteiger partial charge in [-0.3, -0.25) is 0 Å². The van der Waals surface area contributed by atoms with Crippen molar-refractivity contribution in [1.29, 1.82) is 0 Å². The van der Waals surface area contributed by atoms with Crippen LogP contribution in [0.15, 0.2) is 162 Å². The average molecular weight is 1100 g/mol. The van der Waals surface area contributed by atoms with Crippen LogP contribution in [0.3, 0.4) is 0 Å². The van der Waals surface area contributed by atoms with Gasteiger partial charge in [-0.25, -0.2) is 0 Å². The highest BCUT2D eigenvalue weighted by Gasteiger charge is 2.50. The van der Waals surface area contributed by atoms with Gasteiger partial charge >= 0.3 is 0 Å². The van der Waals surface area contributed by atoms with Gasteiger partial charge in [-0.05, 0) is 15.4 Å². The number of hydrogen-bond donors (Lipinski definition) is 0. The quantitative estimate of drug-likeness (QED) is 0.0361. The van der Waals surface area contributed by atoms with E-state index in [1.807, 2.05) is 12.1 Å². The van der Waals surface area contributed by atoms with E-state index in [1.165, 1.54) is 0 Å². The third-order valence-electron chi connectivity index (χ3n) is 11.2. The Labute approximate surface area is 463 Å². The van der Waals surface area contributed by atoms with Crippen LogP contribution in [0.25, 0.3) is 0 Å². The lowest BCUT2D eigenvalue weighted by molar-refractivity contribution is -0.140. The van der Waals surface area contributed by atoms with Crippen LogP contribution in [-0.4, -0.2) is 196 Å². The van der Waals surface area contributed by atoms with E-state index in [0.717, 1.165) is 10.4 Å². The molecule has 0 fully saturated rings. The molecule has 0 N–H and O–H groups in total. The molecule has 0 saturated carbocycles. The first-order chi connectivity index (χ1) is 37.5. The smallest absolute Gasteiger partial charge is 0.261 e.